The topological polar surface area (TPSA) is 70.6 Å². The van der Waals surface area contributed by atoms with E-state index in [4.69, 9.17) is 10.9 Å². The molecular formula is C12H16F3N3OS. The van der Waals surface area contributed by atoms with Crippen LogP contribution in [0, 0.1) is 5.92 Å². The van der Waals surface area contributed by atoms with Gasteiger partial charge >= 0.3 is 6.18 Å². The first-order valence-electron chi connectivity index (χ1n) is 6.27. The molecule has 1 aromatic rings. The summed E-state index contributed by atoms with van der Waals surface area (Å²) in [6.45, 7) is -0.390. The number of aryl methyl sites for hydroxylation is 1. The Morgan fingerprint density at radius 1 is 1.60 bits per heavy atom. The van der Waals surface area contributed by atoms with Crippen LogP contribution in [0.1, 0.15) is 29.3 Å². The van der Waals surface area contributed by atoms with E-state index in [-0.39, 0.29) is 12.6 Å². The minimum absolute atomic E-state index is 0.0960. The van der Waals surface area contributed by atoms with Gasteiger partial charge in [0.25, 0.3) is 0 Å². The van der Waals surface area contributed by atoms with Gasteiger partial charge in [0.2, 0.25) is 0 Å². The molecule has 0 spiro atoms. The summed E-state index contributed by atoms with van der Waals surface area (Å²) in [4.78, 5) is 1.22. The Hall–Kier alpha value is -1.28. The number of hydrogen-bond acceptors (Lipinski definition) is 4. The van der Waals surface area contributed by atoms with E-state index in [1.165, 1.54) is 4.88 Å². The zero-order valence-corrected chi connectivity index (χ0v) is 11.5. The number of amidine groups is 1. The first kappa shape index (κ1) is 15.1. The minimum Gasteiger partial charge on any atom is -0.409 e. The highest BCUT2D eigenvalue weighted by Gasteiger charge is 2.43. The predicted octanol–water partition coefficient (Wildman–Crippen LogP) is 2.64. The van der Waals surface area contributed by atoms with E-state index < -0.39 is 17.9 Å². The number of nitrogens with zero attached hydrogens (tertiary/aromatic N) is 1. The summed E-state index contributed by atoms with van der Waals surface area (Å²) in [6.07, 6.45) is -1.81. The molecule has 2 unspecified atom stereocenters. The number of thiophene rings is 1. The molecule has 0 saturated carbocycles. The van der Waals surface area contributed by atoms with Gasteiger partial charge in [-0.15, -0.1) is 11.3 Å². The summed E-state index contributed by atoms with van der Waals surface area (Å²) >= 11 is 1.63. The summed E-state index contributed by atoms with van der Waals surface area (Å²) in [5.74, 6) is -2.79. The Balaban J connectivity index is 2.05. The van der Waals surface area contributed by atoms with Gasteiger partial charge in [0.15, 0.2) is 5.84 Å². The highest BCUT2D eigenvalue weighted by Crippen LogP contribution is 2.34. The van der Waals surface area contributed by atoms with Crippen molar-refractivity contribution in [3.8, 4) is 0 Å². The maximum Gasteiger partial charge on any atom is 0.400 e. The number of alkyl halides is 3. The standard InChI is InChI=1S/C12H16F3N3OS/c13-12(14,15)8(11(16)18-19)6-17-9-2-1-3-10-7(9)4-5-20-10/h4-5,8-9,17,19H,1-3,6H2,(H2,16,18). The molecular weight excluding hydrogens is 291 g/mol. The number of nitrogens with one attached hydrogen (secondary N) is 1. The van der Waals surface area contributed by atoms with Gasteiger partial charge in [0.1, 0.15) is 5.92 Å². The Morgan fingerprint density at radius 3 is 3.00 bits per heavy atom. The van der Waals surface area contributed by atoms with Crippen LogP contribution < -0.4 is 11.1 Å². The molecule has 2 atom stereocenters. The summed E-state index contributed by atoms with van der Waals surface area (Å²) in [5, 5.41) is 15.8. The van der Waals surface area contributed by atoms with Gasteiger partial charge in [-0.3, -0.25) is 0 Å². The molecule has 20 heavy (non-hydrogen) atoms. The molecule has 0 fully saturated rings. The Labute approximate surface area is 118 Å². The lowest BCUT2D eigenvalue weighted by atomic mass is 9.93. The third kappa shape index (κ3) is 3.24. The number of fused-ring (bicyclic) bond motifs is 1. The lowest BCUT2D eigenvalue weighted by Gasteiger charge is -2.27. The van der Waals surface area contributed by atoms with E-state index in [2.05, 4.69) is 10.5 Å². The average molecular weight is 307 g/mol. The van der Waals surface area contributed by atoms with Crippen LogP contribution in [0.4, 0.5) is 13.2 Å². The monoisotopic (exact) mass is 307 g/mol. The van der Waals surface area contributed by atoms with Crippen molar-refractivity contribution in [3.63, 3.8) is 0 Å². The number of hydrogen-bond donors (Lipinski definition) is 3. The number of rotatable bonds is 4. The Morgan fingerprint density at radius 2 is 2.35 bits per heavy atom. The van der Waals surface area contributed by atoms with Crippen LogP contribution in [0.5, 0.6) is 0 Å². The molecule has 0 aliphatic heterocycles. The normalized spacial score (nSPS) is 21.6. The zero-order valence-electron chi connectivity index (χ0n) is 10.7. The molecule has 112 valence electrons. The van der Waals surface area contributed by atoms with E-state index in [9.17, 15) is 13.2 Å². The first-order valence-corrected chi connectivity index (χ1v) is 7.15. The molecule has 1 heterocycles. The second-order valence-electron chi connectivity index (χ2n) is 4.77. The lowest BCUT2D eigenvalue weighted by Crippen LogP contribution is -2.44. The highest BCUT2D eigenvalue weighted by molar-refractivity contribution is 7.10. The lowest BCUT2D eigenvalue weighted by molar-refractivity contribution is -0.155. The van der Waals surface area contributed by atoms with Crippen molar-refractivity contribution in [2.75, 3.05) is 6.54 Å². The molecule has 1 aromatic heterocycles. The Bertz CT molecular complexity index is 487. The summed E-state index contributed by atoms with van der Waals surface area (Å²) in [7, 11) is 0. The van der Waals surface area contributed by atoms with Crippen LogP contribution >= 0.6 is 11.3 Å². The number of halogens is 3. The van der Waals surface area contributed by atoms with E-state index in [1.54, 1.807) is 11.3 Å². The van der Waals surface area contributed by atoms with Gasteiger partial charge < -0.3 is 16.3 Å². The van der Waals surface area contributed by atoms with E-state index in [0.29, 0.717) is 0 Å². The number of nitrogens with two attached hydrogens (primary N) is 1. The molecule has 8 heteroatoms. The predicted molar refractivity (Wildman–Crippen MR) is 71.0 cm³/mol. The Kier molecular flexibility index (Phi) is 4.54. The maximum atomic E-state index is 12.8. The highest BCUT2D eigenvalue weighted by atomic mass is 32.1. The van der Waals surface area contributed by atoms with Gasteiger partial charge in [-0.25, -0.2) is 0 Å². The SMILES string of the molecule is N/C(=N/O)C(CNC1CCCc2sccc21)C(F)(F)F. The van der Waals surface area contributed by atoms with Gasteiger partial charge in [0.05, 0.1) is 0 Å². The van der Waals surface area contributed by atoms with Gasteiger partial charge in [0, 0.05) is 17.5 Å². The van der Waals surface area contributed by atoms with Crippen molar-refractivity contribution in [3.05, 3.63) is 21.9 Å². The molecule has 0 saturated heterocycles. The maximum absolute atomic E-state index is 12.8. The smallest absolute Gasteiger partial charge is 0.400 e. The van der Waals surface area contributed by atoms with Crippen molar-refractivity contribution in [1.82, 2.24) is 5.32 Å². The van der Waals surface area contributed by atoms with Crippen LogP contribution in [0.2, 0.25) is 0 Å². The summed E-state index contributed by atoms with van der Waals surface area (Å²) in [6, 6.07) is 1.85. The van der Waals surface area contributed by atoms with Crippen molar-refractivity contribution in [2.45, 2.75) is 31.5 Å². The molecule has 0 amide bonds. The van der Waals surface area contributed by atoms with E-state index in [1.807, 2.05) is 11.4 Å². The minimum atomic E-state index is -4.53. The second-order valence-corrected chi connectivity index (χ2v) is 5.77. The fourth-order valence-electron chi connectivity index (χ4n) is 2.42. The van der Waals surface area contributed by atoms with Crippen LogP contribution in [0.25, 0.3) is 0 Å². The van der Waals surface area contributed by atoms with E-state index in [0.717, 1.165) is 24.8 Å². The van der Waals surface area contributed by atoms with Crippen molar-refractivity contribution >= 4 is 17.2 Å². The van der Waals surface area contributed by atoms with Gasteiger partial charge in [-0.05, 0) is 36.3 Å². The molecule has 4 nitrogen and oxygen atoms in total. The van der Waals surface area contributed by atoms with Crippen molar-refractivity contribution < 1.29 is 18.4 Å². The van der Waals surface area contributed by atoms with Gasteiger partial charge in [-0.1, -0.05) is 5.16 Å². The summed E-state index contributed by atoms with van der Waals surface area (Å²) in [5.41, 5.74) is 6.21. The van der Waals surface area contributed by atoms with Crippen molar-refractivity contribution in [1.29, 1.82) is 0 Å². The van der Waals surface area contributed by atoms with Crippen LogP contribution in [-0.2, 0) is 6.42 Å². The number of oxime groups is 1. The average Bonchev–Trinajstić information content (AvgIpc) is 2.86. The van der Waals surface area contributed by atoms with Crippen LogP contribution in [-0.4, -0.2) is 23.8 Å². The molecule has 1 aliphatic carbocycles. The van der Waals surface area contributed by atoms with Crippen molar-refractivity contribution in [2.24, 2.45) is 16.8 Å². The third-order valence-electron chi connectivity index (χ3n) is 3.49. The molecule has 0 aromatic carbocycles. The van der Waals surface area contributed by atoms with E-state index >= 15 is 0 Å². The van der Waals surface area contributed by atoms with Crippen LogP contribution in [0.3, 0.4) is 0 Å². The fraction of sp³-hybridized carbons (Fsp3) is 0.583. The molecule has 2 rings (SSSR count). The fourth-order valence-corrected chi connectivity index (χ4v) is 3.40. The van der Waals surface area contributed by atoms with Gasteiger partial charge in [-0.2, -0.15) is 13.2 Å². The zero-order chi connectivity index (χ0) is 14.8. The molecule has 1 aliphatic rings. The third-order valence-corrected chi connectivity index (χ3v) is 4.48. The molecule has 0 radical (unpaired) electrons. The first-order chi connectivity index (χ1) is 9.43. The molecule has 4 N–H and O–H groups in total. The quantitative estimate of drug-likeness (QED) is 0.347. The summed E-state index contributed by atoms with van der Waals surface area (Å²) < 4.78 is 38.5. The second kappa shape index (κ2) is 6.01. The largest absolute Gasteiger partial charge is 0.409 e. The van der Waals surface area contributed by atoms with Crippen LogP contribution in [0.15, 0.2) is 16.6 Å². The molecule has 0 bridgehead atoms.